The number of nitrogens with zero attached hydrogens (tertiary/aromatic N) is 1. The SMILES string of the molecule is CC(C)NC(N)=NCc1ccc(F)cc1.I. The van der Waals surface area contributed by atoms with Crippen LogP contribution in [0.5, 0.6) is 0 Å². The first-order valence-electron chi connectivity index (χ1n) is 4.89. The zero-order chi connectivity index (χ0) is 11.3. The van der Waals surface area contributed by atoms with Gasteiger partial charge in [0.1, 0.15) is 5.82 Å². The number of benzene rings is 1. The van der Waals surface area contributed by atoms with Crippen molar-refractivity contribution in [3.63, 3.8) is 0 Å². The fourth-order valence-electron chi connectivity index (χ4n) is 1.11. The van der Waals surface area contributed by atoms with Crippen LogP contribution >= 0.6 is 24.0 Å². The third kappa shape index (κ3) is 5.89. The van der Waals surface area contributed by atoms with E-state index >= 15 is 0 Å². The minimum atomic E-state index is -0.240. The maximum absolute atomic E-state index is 12.6. The highest BCUT2D eigenvalue weighted by Crippen LogP contribution is 2.03. The zero-order valence-electron chi connectivity index (χ0n) is 9.40. The van der Waals surface area contributed by atoms with E-state index in [-0.39, 0.29) is 35.8 Å². The lowest BCUT2D eigenvalue weighted by Crippen LogP contribution is -2.36. The summed E-state index contributed by atoms with van der Waals surface area (Å²) in [7, 11) is 0. The highest BCUT2D eigenvalue weighted by Gasteiger charge is 1.96. The Hall–Kier alpha value is -0.850. The molecule has 0 aromatic heterocycles. The van der Waals surface area contributed by atoms with Gasteiger partial charge in [-0.1, -0.05) is 12.1 Å². The summed E-state index contributed by atoms with van der Waals surface area (Å²) in [5.74, 6) is 0.172. The Morgan fingerprint density at radius 1 is 1.38 bits per heavy atom. The molecular weight excluding hydrogens is 320 g/mol. The molecule has 0 radical (unpaired) electrons. The Kier molecular flexibility index (Phi) is 7.03. The first kappa shape index (κ1) is 15.2. The quantitative estimate of drug-likeness (QED) is 0.505. The third-order valence-electron chi connectivity index (χ3n) is 1.78. The highest BCUT2D eigenvalue weighted by molar-refractivity contribution is 14.0. The van der Waals surface area contributed by atoms with Gasteiger partial charge in [0.05, 0.1) is 6.54 Å². The molecule has 0 aliphatic carbocycles. The van der Waals surface area contributed by atoms with Crippen LogP contribution in [0.2, 0.25) is 0 Å². The van der Waals surface area contributed by atoms with E-state index in [2.05, 4.69) is 10.3 Å². The molecular formula is C11H17FIN3. The molecule has 0 atom stereocenters. The van der Waals surface area contributed by atoms with Crippen LogP contribution in [0.3, 0.4) is 0 Å². The lowest BCUT2D eigenvalue weighted by atomic mass is 10.2. The van der Waals surface area contributed by atoms with E-state index in [1.807, 2.05) is 13.8 Å². The van der Waals surface area contributed by atoms with Crippen LogP contribution in [-0.4, -0.2) is 12.0 Å². The van der Waals surface area contributed by atoms with E-state index in [0.29, 0.717) is 12.5 Å². The Morgan fingerprint density at radius 2 is 1.94 bits per heavy atom. The minimum absolute atomic E-state index is 0. The van der Waals surface area contributed by atoms with Crippen molar-refractivity contribution in [3.8, 4) is 0 Å². The summed E-state index contributed by atoms with van der Waals surface area (Å²) in [6.07, 6.45) is 0. The average Bonchev–Trinajstić information content (AvgIpc) is 2.16. The van der Waals surface area contributed by atoms with Crippen molar-refractivity contribution in [1.29, 1.82) is 0 Å². The van der Waals surface area contributed by atoms with Crippen LogP contribution in [-0.2, 0) is 6.54 Å². The van der Waals surface area contributed by atoms with Crippen molar-refractivity contribution >= 4 is 29.9 Å². The molecule has 0 aliphatic heterocycles. The molecule has 1 aromatic rings. The molecule has 90 valence electrons. The number of hydrogen-bond acceptors (Lipinski definition) is 1. The summed E-state index contributed by atoms with van der Waals surface area (Å²) in [4.78, 5) is 4.13. The van der Waals surface area contributed by atoms with Crippen LogP contribution in [0, 0.1) is 5.82 Å². The fraction of sp³-hybridized carbons (Fsp3) is 0.364. The van der Waals surface area contributed by atoms with E-state index in [4.69, 9.17) is 5.73 Å². The monoisotopic (exact) mass is 337 g/mol. The Morgan fingerprint density at radius 3 is 2.44 bits per heavy atom. The van der Waals surface area contributed by atoms with Gasteiger partial charge in [-0.15, -0.1) is 24.0 Å². The number of nitrogens with two attached hydrogens (primary N) is 1. The first-order valence-corrected chi connectivity index (χ1v) is 4.89. The van der Waals surface area contributed by atoms with E-state index in [1.165, 1.54) is 12.1 Å². The number of aliphatic imine (C=N–C) groups is 1. The van der Waals surface area contributed by atoms with Crippen LogP contribution in [0.25, 0.3) is 0 Å². The smallest absolute Gasteiger partial charge is 0.189 e. The van der Waals surface area contributed by atoms with E-state index in [0.717, 1.165) is 5.56 Å². The highest BCUT2D eigenvalue weighted by atomic mass is 127. The Bertz CT molecular complexity index is 336. The van der Waals surface area contributed by atoms with Crippen LogP contribution in [0.1, 0.15) is 19.4 Å². The number of hydrogen-bond donors (Lipinski definition) is 2. The molecule has 0 saturated carbocycles. The third-order valence-corrected chi connectivity index (χ3v) is 1.78. The summed E-state index contributed by atoms with van der Waals surface area (Å²) in [5.41, 5.74) is 6.55. The van der Waals surface area contributed by atoms with Gasteiger partial charge in [0, 0.05) is 6.04 Å². The molecule has 0 amide bonds. The van der Waals surface area contributed by atoms with Gasteiger partial charge in [-0.05, 0) is 31.5 Å². The maximum Gasteiger partial charge on any atom is 0.189 e. The predicted molar refractivity (Wildman–Crippen MR) is 75.4 cm³/mol. The first-order chi connectivity index (χ1) is 7.08. The number of halogens is 2. The molecule has 0 heterocycles. The van der Waals surface area contributed by atoms with E-state index < -0.39 is 0 Å². The second kappa shape index (κ2) is 7.43. The van der Waals surface area contributed by atoms with Crippen molar-refractivity contribution in [3.05, 3.63) is 35.6 Å². The van der Waals surface area contributed by atoms with Crippen molar-refractivity contribution in [1.82, 2.24) is 5.32 Å². The standard InChI is InChI=1S/C11H16FN3.HI/c1-8(2)15-11(13)14-7-9-3-5-10(12)6-4-9;/h3-6,8H,7H2,1-2H3,(H3,13,14,15);1H. The molecule has 3 nitrogen and oxygen atoms in total. The minimum Gasteiger partial charge on any atom is -0.370 e. The Balaban J connectivity index is 0.00000225. The van der Waals surface area contributed by atoms with Crippen LogP contribution in [0.15, 0.2) is 29.3 Å². The van der Waals surface area contributed by atoms with Crippen molar-refractivity contribution in [2.45, 2.75) is 26.4 Å². The maximum atomic E-state index is 12.6. The molecule has 1 aromatic carbocycles. The summed E-state index contributed by atoms with van der Waals surface area (Å²) in [6.45, 7) is 4.44. The molecule has 3 N–H and O–H groups in total. The van der Waals surface area contributed by atoms with Gasteiger partial charge in [0.25, 0.3) is 0 Å². The van der Waals surface area contributed by atoms with Crippen molar-refractivity contribution < 1.29 is 4.39 Å². The summed E-state index contributed by atoms with van der Waals surface area (Å²) in [6, 6.07) is 6.48. The average molecular weight is 337 g/mol. The van der Waals surface area contributed by atoms with Gasteiger partial charge in [-0.25, -0.2) is 9.38 Å². The predicted octanol–water partition coefficient (Wildman–Crippen LogP) is 2.26. The van der Waals surface area contributed by atoms with Crippen molar-refractivity contribution in [2.75, 3.05) is 0 Å². The van der Waals surface area contributed by atoms with Gasteiger partial charge < -0.3 is 11.1 Å². The molecule has 0 bridgehead atoms. The molecule has 1 rings (SSSR count). The number of nitrogens with one attached hydrogen (secondary N) is 1. The molecule has 5 heteroatoms. The molecule has 0 unspecified atom stereocenters. The van der Waals surface area contributed by atoms with Crippen molar-refractivity contribution in [2.24, 2.45) is 10.7 Å². The lowest BCUT2D eigenvalue weighted by molar-refractivity contribution is 0.627. The zero-order valence-corrected chi connectivity index (χ0v) is 11.7. The van der Waals surface area contributed by atoms with Crippen LogP contribution in [0.4, 0.5) is 4.39 Å². The molecule has 0 saturated heterocycles. The normalized spacial score (nSPS) is 11.1. The molecule has 0 fully saturated rings. The van der Waals surface area contributed by atoms with E-state index in [9.17, 15) is 4.39 Å². The second-order valence-corrected chi connectivity index (χ2v) is 3.63. The van der Waals surface area contributed by atoms with Gasteiger partial charge in [0.2, 0.25) is 0 Å². The summed E-state index contributed by atoms with van der Waals surface area (Å²) in [5, 5.41) is 2.98. The van der Waals surface area contributed by atoms with Gasteiger partial charge in [0.15, 0.2) is 5.96 Å². The molecule has 0 spiro atoms. The van der Waals surface area contributed by atoms with Crippen LogP contribution < -0.4 is 11.1 Å². The Labute approximate surface area is 112 Å². The van der Waals surface area contributed by atoms with Gasteiger partial charge in [-0.2, -0.15) is 0 Å². The second-order valence-electron chi connectivity index (χ2n) is 3.63. The number of rotatable bonds is 3. The van der Waals surface area contributed by atoms with Gasteiger partial charge in [-0.3, -0.25) is 0 Å². The van der Waals surface area contributed by atoms with Gasteiger partial charge >= 0.3 is 0 Å². The molecule has 16 heavy (non-hydrogen) atoms. The number of guanidine groups is 1. The summed E-state index contributed by atoms with van der Waals surface area (Å²) < 4.78 is 12.6. The largest absolute Gasteiger partial charge is 0.370 e. The fourth-order valence-corrected chi connectivity index (χ4v) is 1.11. The topological polar surface area (TPSA) is 50.4 Å². The summed E-state index contributed by atoms with van der Waals surface area (Å²) >= 11 is 0. The molecule has 0 aliphatic rings. The van der Waals surface area contributed by atoms with E-state index in [1.54, 1.807) is 12.1 Å². The lowest BCUT2D eigenvalue weighted by Gasteiger charge is -2.08.